The van der Waals surface area contributed by atoms with Crippen molar-refractivity contribution in [1.29, 1.82) is 0 Å². The standard InChI is InChI=1S/C10H16N6O3S/c1-15-8-11-14-10(15)6-13-20(18,19)9-5-12-16(7-9)3-2-4-17/h5,7-8,13,17H,2-4,6H2,1H3. The van der Waals surface area contributed by atoms with Crippen molar-refractivity contribution >= 4 is 10.0 Å². The topological polar surface area (TPSA) is 115 Å². The molecule has 10 heteroatoms. The van der Waals surface area contributed by atoms with Crippen molar-refractivity contribution in [3.63, 3.8) is 0 Å². The summed E-state index contributed by atoms with van der Waals surface area (Å²) in [5, 5.41) is 20.1. The highest BCUT2D eigenvalue weighted by atomic mass is 32.2. The van der Waals surface area contributed by atoms with Crippen molar-refractivity contribution in [3.8, 4) is 0 Å². The number of aromatic nitrogens is 5. The maximum absolute atomic E-state index is 12.1. The molecule has 2 aromatic heterocycles. The molecule has 0 aliphatic rings. The molecule has 0 spiro atoms. The first-order chi connectivity index (χ1) is 9.53. The lowest BCUT2D eigenvalue weighted by molar-refractivity contribution is 0.277. The van der Waals surface area contributed by atoms with Crippen LogP contribution in [-0.4, -0.2) is 44.7 Å². The van der Waals surface area contributed by atoms with Gasteiger partial charge in [0.2, 0.25) is 10.0 Å². The molecule has 2 N–H and O–H groups in total. The highest BCUT2D eigenvalue weighted by molar-refractivity contribution is 7.89. The third kappa shape index (κ3) is 3.40. The fourth-order valence-corrected chi connectivity index (χ4v) is 2.48. The average molecular weight is 300 g/mol. The van der Waals surface area contributed by atoms with Crippen LogP contribution >= 0.6 is 0 Å². The van der Waals surface area contributed by atoms with Gasteiger partial charge in [0.1, 0.15) is 17.0 Å². The minimum absolute atomic E-state index is 0.0341. The molecule has 0 radical (unpaired) electrons. The van der Waals surface area contributed by atoms with E-state index in [1.165, 1.54) is 23.4 Å². The van der Waals surface area contributed by atoms with Gasteiger partial charge in [-0.25, -0.2) is 13.1 Å². The zero-order valence-corrected chi connectivity index (χ0v) is 11.8. The quantitative estimate of drug-likeness (QED) is 0.669. The van der Waals surface area contributed by atoms with Crippen LogP contribution in [0.15, 0.2) is 23.6 Å². The molecule has 0 aromatic carbocycles. The predicted molar refractivity (Wildman–Crippen MR) is 69.0 cm³/mol. The fourth-order valence-electron chi connectivity index (χ4n) is 1.55. The molecule has 0 unspecified atom stereocenters. The second kappa shape index (κ2) is 6.11. The van der Waals surface area contributed by atoms with E-state index in [1.807, 2.05) is 0 Å². The fraction of sp³-hybridized carbons (Fsp3) is 0.500. The molecule has 0 saturated carbocycles. The first-order valence-corrected chi connectivity index (χ1v) is 7.47. The van der Waals surface area contributed by atoms with Gasteiger partial charge in [0.25, 0.3) is 0 Å². The van der Waals surface area contributed by atoms with Crippen molar-refractivity contribution in [2.75, 3.05) is 6.61 Å². The lowest BCUT2D eigenvalue weighted by Crippen LogP contribution is -2.24. The molecule has 0 amide bonds. The Morgan fingerprint density at radius 2 is 2.25 bits per heavy atom. The summed E-state index contributed by atoms with van der Waals surface area (Å²) in [6.07, 6.45) is 4.72. The van der Waals surface area contributed by atoms with Crippen LogP contribution in [0.4, 0.5) is 0 Å². The first-order valence-electron chi connectivity index (χ1n) is 5.99. The summed E-state index contributed by atoms with van der Waals surface area (Å²) in [5.74, 6) is 0.515. The molecule has 9 nitrogen and oxygen atoms in total. The van der Waals surface area contributed by atoms with Crippen LogP contribution in [0.2, 0.25) is 0 Å². The Bertz CT molecular complexity index is 662. The van der Waals surface area contributed by atoms with Crippen molar-refractivity contribution in [3.05, 3.63) is 24.5 Å². The number of sulfonamides is 1. The Morgan fingerprint density at radius 1 is 1.45 bits per heavy atom. The Hall–Kier alpha value is -1.78. The molecule has 20 heavy (non-hydrogen) atoms. The number of hydrogen-bond donors (Lipinski definition) is 2. The van der Waals surface area contributed by atoms with Crippen LogP contribution in [0.1, 0.15) is 12.2 Å². The van der Waals surface area contributed by atoms with Gasteiger partial charge in [0.15, 0.2) is 0 Å². The van der Waals surface area contributed by atoms with Gasteiger partial charge in [-0.05, 0) is 6.42 Å². The highest BCUT2D eigenvalue weighted by Gasteiger charge is 2.17. The Kier molecular flexibility index (Phi) is 4.47. The monoisotopic (exact) mass is 300 g/mol. The summed E-state index contributed by atoms with van der Waals surface area (Å²) >= 11 is 0. The number of rotatable bonds is 7. The molecule has 110 valence electrons. The van der Waals surface area contributed by atoms with E-state index in [0.717, 1.165) is 0 Å². The van der Waals surface area contributed by atoms with E-state index in [2.05, 4.69) is 20.0 Å². The van der Waals surface area contributed by atoms with Gasteiger partial charge in [-0.15, -0.1) is 10.2 Å². The summed E-state index contributed by atoms with van der Waals surface area (Å²) in [5.41, 5.74) is 0. The van der Waals surface area contributed by atoms with Crippen LogP contribution in [0.3, 0.4) is 0 Å². The number of nitrogens with zero attached hydrogens (tertiary/aromatic N) is 5. The van der Waals surface area contributed by atoms with Crippen LogP contribution in [0.25, 0.3) is 0 Å². The SMILES string of the molecule is Cn1cnnc1CNS(=O)(=O)c1cnn(CCCO)c1. The minimum atomic E-state index is -3.63. The molecule has 0 bridgehead atoms. The van der Waals surface area contributed by atoms with Crippen LogP contribution in [-0.2, 0) is 30.2 Å². The normalized spacial score (nSPS) is 11.9. The van der Waals surface area contributed by atoms with Crippen molar-refractivity contribution in [1.82, 2.24) is 29.3 Å². The molecule has 2 aromatic rings. The number of aliphatic hydroxyl groups is 1. The Balaban J connectivity index is 2.03. The van der Waals surface area contributed by atoms with Crippen LogP contribution in [0, 0.1) is 0 Å². The van der Waals surface area contributed by atoms with Gasteiger partial charge in [0, 0.05) is 26.4 Å². The molecule has 2 heterocycles. The number of nitrogens with one attached hydrogen (secondary N) is 1. The third-order valence-electron chi connectivity index (χ3n) is 2.69. The minimum Gasteiger partial charge on any atom is -0.396 e. The number of aryl methyl sites for hydroxylation is 2. The lowest BCUT2D eigenvalue weighted by atomic mass is 10.5. The van der Waals surface area contributed by atoms with Gasteiger partial charge in [-0.3, -0.25) is 4.68 Å². The smallest absolute Gasteiger partial charge is 0.244 e. The van der Waals surface area contributed by atoms with Crippen molar-refractivity contribution in [2.45, 2.75) is 24.4 Å². The molecular formula is C10H16N6O3S. The summed E-state index contributed by atoms with van der Waals surface area (Å²) in [4.78, 5) is 0.0811. The largest absolute Gasteiger partial charge is 0.396 e. The third-order valence-corrected chi connectivity index (χ3v) is 4.05. The molecular weight excluding hydrogens is 284 g/mol. The lowest BCUT2D eigenvalue weighted by Gasteiger charge is -2.03. The van der Waals surface area contributed by atoms with Crippen LogP contribution < -0.4 is 4.72 Å². The second-order valence-corrected chi connectivity index (χ2v) is 5.97. The van der Waals surface area contributed by atoms with E-state index >= 15 is 0 Å². The summed E-state index contributed by atoms with van der Waals surface area (Å²) in [7, 11) is -1.90. The van der Waals surface area contributed by atoms with E-state index in [-0.39, 0.29) is 18.0 Å². The molecule has 0 aliphatic heterocycles. The maximum Gasteiger partial charge on any atom is 0.244 e. The van der Waals surface area contributed by atoms with E-state index in [4.69, 9.17) is 5.11 Å². The summed E-state index contributed by atoms with van der Waals surface area (Å²) < 4.78 is 29.7. The van der Waals surface area contributed by atoms with E-state index in [1.54, 1.807) is 11.6 Å². The molecule has 0 saturated heterocycles. The Morgan fingerprint density at radius 3 is 2.90 bits per heavy atom. The van der Waals surface area contributed by atoms with Gasteiger partial charge in [0.05, 0.1) is 12.7 Å². The molecule has 0 fully saturated rings. The van der Waals surface area contributed by atoms with Gasteiger partial charge < -0.3 is 9.67 Å². The average Bonchev–Trinajstić information content (AvgIpc) is 3.03. The van der Waals surface area contributed by atoms with Gasteiger partial charge in [-0.2, -0.15) is 5.10 Å². The summed E-state index contributed by atoms with van der Waals surface area (Å²) in [6.45, 7) is 0.558. The predicted octanol–water partition coefficient (Wildman–Crippen LogP) is -1.13. The second-order valence-electron chi connectivity index (χ2n) is 4.20. The van der Waals surface area contributed by atoms with E-state index in [9.17, 15) is 8.42 Å². The number of aliphatic hydroxyl groups excluding tert-OH is 1. The van der Waals surface area contributed by atoms with E-state index < -0.39 is 10.0 Å². The zero-order valence-electron chi connectivity index (χ0n) is 11.0. The first kappa shape index (κ1) is 14.6. The summed E-state index contributed by atoms with van der Waals surface area (Å²) in [6, 6.07) is 0. The van der Waals surface area contributed by atoms with Crippen molar-refractivity contribution in [2.24, 2.45) is 7.05 Å². The molecule has 0 aliphatic carbocycles. The number of hydrogen-bond acceptors (Lipinski definition) is 6. The van der Waals surface area contributed by atoms with Gasteiger partial charge >= 0.3 is 0 Å². The highest BCUT2D eigenvalue weighted by Crippen LogP contribution is 2.08. The van der Waals surface area contributed by atoms with Crippen LogP contribution in [0.5, 0.6) is 0 Å². The molecule has 0 atom stereocenters. The molecule has 2 rings (SSSR count). The van der Waals surface area contributed by atoms with E-state index in [0.29, 0.717) is 18.8 Å². The Labute approximate surface area is 116 Å². The maximum atomic E-state index is 12.1. The zero-order chi connectivity index (χ0) is 14.6. The van der Waals surface area contributed by atoms with Gasteiger partial charge in [-0.1, -0.05) is 0 Å². The van der Waals surface area contributed by atoms with Crippen molar-refractivity contribution < 1.29 is 13.5 Å².